The van der Waals surface area contributed by atoms with Crippen molar-refractivity contribution in [1.29, 1.82) is 0 Å². The van der Waals surface area contributed by atoms with E-state index in [0.29, 0.717) is 6.54 Å². The van der Waals surface area contributed by atoms with Gasteiger partial charge in [-0.05, 0) is 60.4 Å². The lowest BCUT2D eigenvalue weighted by atomic mass is 9.87. The predicted octanol–water partition coefficient (Wildman–Crippen LogP) is 5.16. The summed E-state index contributed by atoms with van der Waals surface area (Å²) < 4.78 is 28.1. The van der Waals surface area contributed by atoms with E-state index in [1.54, 1.807) is 0 Å². The molecule has 4 rings (SSSR count). The summed E-state index contributed by atoms with van der Waals surface area (Å²) in [6, 6.07) is 24.3. The topological polar surface area (TPSA) is 29.3 Å². The monoisotopic (exact) mass is 450 g/mol. The highest BCUT2D eigenvalue weighted by Gasteiger charge is 2.34. The van der Waals surface area contributed by atoms with Crippen LogP contribution in [0, 0.1) is 11.6 Å². The molecule has 1 aliphatic heterocycles. The quantitative estimate of drug-likeness (QED) is 0.457. The molecule has 0 spiro atoms. The van der Waals surface area contributed by atoms with E-state index in [-0.39, 0.29) is 17.6 Å². The Labute approximate surface area is 196 Å². The summed E-state index contributed by atoms with van der Waals surface area (Å²) in [4.78, 5) is 2.46. The van der Waals surface area contributed by atoms with E-state index in [1.165, 1.54) is 30.0 Å². The average molecular weight is 451 g/mol. The second kappa shape index (κ2) is 11.0. The molecule has 1 aliphatic rings. The fourth-order valence-corrected chi connectivity index (χ4v) is 5.16. The van der Waals surface area contributed by atoms with Crippen LogP contribution in [0.25, 0.3) is 0 Å². The standard InChI is InChI=1S/C28H34F2N3/c29-25-12-8-23(9-13-25)28(24-10-14-26(30)15-11-24)7-4-20-33(27-5-2-1-3-6-27)21-18-32(17-16-31)19-22-33/h1-3,5-6,8-15,28H,4,7,16-22,31H2/q+1. The Morgan fingerprint density at radius 1 is 0.788 bits per heavy atom. The molecule has 0 amide bonds. The van der Waals surface area contributed by atoms with Crippen LogP contribution in [0.2, 0.25) is 0 Å². The molecule has 3 aromatic rings. The molecule has 0 atom stereocenters. The number of quaternary nitrogens is 1. The number of hydrogen-bond acceptors (Lipinski definition) is 2. The van der Waals surface area contributed by atoms with Crippen LogP contribution in [-0.4, -0.2) is 50.7 Å². The zero-order valence-electron chi connectivity index (χ0n) is 19.2. The van der Waals surface area contributed by atoms with Gasteiger partial charge in [0.1, 0.15) is 17.3 Å². The first-order valence-corrected chi connectivity index (χ1v) is 11.9. The smallest absolute Gasteiger partial charge is 0.132 e. The van der Waals surface area contributed by atoms with Gasteiger partial charge in [-0.2, -0.15) is 0 Å². The maximum atomic E-state index is 13.6. The highest BCUT2D eigenvalue weighted by atomic mass is 19.1. The highest BCUT2D eigenvalue weighted by Crippen LogP contribution is 2.32. The van der Waals surface area contributed by atoms with Gasteiger partial charge in [-0.15, -0.1) is 0 Å². The molecule has 0 unspecified atom stereocenters. The lowest BCUT2D eigenvalue weighted by Crippen LogP contribution is -2.61. The van der Waals surface area contributed by atoms with E-state index < -0.39 is 0 Å². The van der Waals surface area contributed by atoms with Crippen molar-refractivity contribution in [2.24, 2.45) is 5.73 Å². The molecule has 1 fully saturated rings. The van der Waals surface area contributed by atoms with E-state index in [0.717, 1.165) is 67.7 Å². The van der Waals surface area contributed by atoms with Crippen molar-refractivity contribution in [2.45, 2.75) is 18.8 Å². The number of nitrogens with two attached hydrogens (primary N) is 1. The third-order valence-electron chi connectivity index (χ3n) is 7.06. The third-order valence-corrected chi connectivity index (χ3v) is 7.06. The van der Waals surface area contributed by atoms with E-state index in [1.807, 2.05) is 24.3 Å². The Kier molecular flexibility index (Phi) is 7.86. The summed E-state index contributed by atoms with van der Waals surface area (Å²) in [5, 5.41) is 0. The van der Waals surface area contributed by atoms with Crippen molar-refractivity contribution in [3.8, 4) is 0 Å². The minimum atomic E-state index is -0.236. The molecule has 2 N–H and O–H groups in total. The molecule has 1 heterocycles. The first kappa shape index (κ1) is 23.6. The van der Waals surface area contributed by atoms with Crippen LogP contribution in [0.1, 0.15) is 29.9 Å². The zero-order chi connectivity index (χ0) is 23.1. The molecule has 3 aromatic carbocycles. The van der Waals surface area contributed by atoms with Crippen LogP contribution < -0.4 is 10.2 Å². The van der Waals surface area contributed by atoms with Gasteiger partial charge < -0.3 is 5.73 Å². The summed E-state index contributed by atoms with van der Waals surface area (Å²) >= 11 is 0. The van der Waals surface area contributed by atoms with Gasteiger partial charge in [0, 0.05) is 32.1 Å². The van der Waals surface area contributed by atoms with Gasteiger partial charge in [0.15, 0.2) is 0 Å². The Morgan fingerprint density at radius 2 is 1.33 bits per heavy atom. The molecule has 0 radical (unpaired) electrons. The highest BCUT2D eigenvalue weighted by molar-refractivity contribution is 5.43. The molecule has 1 saturated heterocycles. The predicted molar refractivity (Wildman–Crippen MR) is 132 cm³/mol. The fourth-order valence-electron chi connectivity index (χ4n) is 5.16. The molecule has 0 aromatic heterocycles. The molecule has 33 heavy (non-hydrogen) atoms. The Morgan fingerprint density at radius 3 is 1.85 bits per heavy atom. The Balaban J connectivity index is 1.52. The lowest BCUT2D eigenvalue weighted by Gasteiger charge is -2.44. The van der Waals surface area contributed by atoms with E-state index >= 15 is 0 Å². The fraction of sp³-hybridized carbons (Fsp3) is 0.357. The molecule has 0 bridgehead atoms. The average Bonchev–Trinajstić information content (AvgIpc) is 2.85. The molecule has 5 heteroatoms. The van der Waals surface area contributed by atoms with Gasteiger partial charge in [-0.1, -0.05) is 42.5 Å². The molecular weight excluding hydrogens is 416 g/mol. The number of hydrogen-bond donors (Lipinski definition) is 1. The number of para-hydroxylation sites is 1. The van der Waals surface area contributed by atoms with Gasteiger partial charge in [0.25, 0.3) is 0 Å². The van der Waals surface area contributed by atoms with Crippen LogP contribution in [-0.2, 0) is 0 Å². The summed E-state index contributed by atoms with van der Waals surface area (Å²) in [5.41, 5.74) is 9.30. The van der Waals surface area contributed by atoms with Gasteiger partial charge in [-0.3, -0.25) is 9.38 Å². The maximum absolute atomic E-state index is 13.6. The summed E-state index contributed by atoms with van der Waals surface area (Å²) in [6.07, 6.45) is 1.95. The molecule has 0 saturated carbocycles. The van der Waals surface area contributed by atoms with Crippen molar-refractivity contribution in [2.75, 3.05) is 45.8 Å². The number of rotatable bonds is 9. The van der Waals surface area contributed by atoms with Crippen LogP contribution in [0.3, 0.4) is 0 Å². The van der Waals surface area contributed by atoms with Crippen LogP contribution in [0.15, 0.2) is 78.9 Å². The van der Waals surface area contributed by atoms with Crippen LogP contribution >= 0.6 is 0 Å². The normalized spacial score (nSPS) is 16.2. The maximum Gasteiger partial charge on any atom is 0.132 e. The summed E-state index contributed by atoms with van der Waals surface area (Å²) in [5.74, 6) is -0.360. The number of nitrogens with zero attached hydrogens (tertiary/aromatic N) is 2. The van der Waals surface area contributed by atoms with Crippen molar-refractivity contribution in [3.63, 3.8) is 0 Å². The van der Waals surface area contributed by atoms with Crippen molar-refractivity contribution in [1.82, 2.24) is 9.38 Å². The Bertz CT molecular complexity index is 936. The second-order valence-electron chi connectivity index (χ2n) is 9.08. The van der Waals surface area contributed by atoms with Gasteiger partial charge >= 0.3 is 0 Å². The van der Waals surface area contributed by atoms with Crippen LogP contribution in [0.4, 0.5) is 14.5 Å². The number of halogens is 2. The first-order valence-electron chi connectivity index (χ1n) is 11.9. The van der Waals surface area contributed by atoms with Crippen molar-refractivity contribution >= 4 is 5.69 Å². The van der Waals surface area contributed by atoms with Crippen LogP contribution in [0.5, 0.6) is 0 Å². The van der Waals surface area contributed by atoms with Gasteiger partial charge in [-0.25, -0.2) is 8.78 Å². The minimum absolute atomic E-state index is 0.112. The summed E-state index contributed by atoms with van der Waals surface area (Å²) in [7, 11) is 0. The SMILES string of the molecule is NCCN1CC[N+](CCCC(c2ccc(F)cc2)c2ccc(F)cc2)(c2ccccc2)CC1. The van der Waals surface area contributed by atoms with Gasteiger partial charge in [0.2, 0.25) is 0 Å². The molecule has 3 nitrogen and oxygen atoms in total. The first-order chi connectivity index (χ1) is 16.1. The summed E-state index contributed by atoms with van der Waals surface area (Å²) in [6.45, 7) is 6.92. The van der Waals surface area contributed by atoms with E-state index in [4.69, 9.17) is 5.73 Å². The molecule has 174 valence electrons. The number of piperazine rings is 1. The van der Waals surface area contributed by atoms with Crippen molar-refractivity contribution in [3.05, 3.63) is 102 Å². The molecular formula is C28H34F2N3+. The second-order valence-corrected chi connectivity index (χ2v) is 9.08. The van der Waals surface area contributed by atoms with E-state index in [9.17, 15) is 8.78 Å². The molecule has 0 aliphatic carbocycles. The Hall–Kier alpha value is -2.60. The van der Waals surface area contributed by atoms with E-state index in [2.05, 4.69) is 35.2 Å². The van der Waals surface area contributed by atoms with Crippen molar-refractivity contribution < 1.29 is 8.78 Å². The largest absolute Gasteiger partial charge is 0.329 e. The zero-order valence-corrected chi connectivity index (χ0v) is 19.2. The lowest BCUT2D eigenvalue weighted by molar-refractivity contribution is 0.135. The van der Waals surface area contributed by atoms with Gasteiger partial charge in [0.05, 0.1) is 19.6 Å². The number of benzene rings is 3. The third kappa shape index (κ3) is 5.85. The minimum Gasteiger partial charge on any atom is -0.329 e.